The number of anilines is 1. The van der Waals surface area contributed by atoms with Crippen molar-refractivity contribution in [3.05, 3.63) is 30.1 Å². The molecule has 3 atom stereocenters. The maximum atomic E-state index is 13.8. The van der Waals surface area contributed by atoms with Crippen molar-refractivity contribution in [1.29, 1.82) is 0 Å². The number of hydrogen-bond acceptors (Lipinski definition) is 4. The predicted molar refractivity (Wildman–Crippen MR) is 89.5 cm³/mol. The van der Waals surface area contributed by atoms with Gasteiger partial charge in [-0.25, -0.2) is 4.39 Å². The molecule has 2 aliphatic rings. The van der Waals surface area contributed by atoms with Gasteiger partial charge in [0.05, 0.1) is 17.7 Å². The zero-order chi connectivity index (χ0) is 16.4. The van der Waals surface area contributed by atoms with Gasteiger partial charge in [-0.3, -0.25) is 9.59 Å². The lowest BCUT2D eigenvalue weighted by Gasteiger charge is -2.18. The third-order valence-corrected chi connectivity index (χ3v) is 4.48. The Bertz CT molecular complexity index is 616. The van der Waals surface area contributed by atoms with Crippen molar-refractivity contribution in [2.24, 2.45) is 11.8 Å². The monoisotopic (exact) mass is 357 g/mol. The summed E-state index contributed by atoms with van der Waals surface area (Å²) in [6.45, 7) is 1.74. The minimum absolute atomic E-state index is 0. The molecular weight excluding hydrogens is 337 g/mol. The molecule has 0 saturated carbocycles. The topological polar surface area (TPSA) is 81.7 Å². The number of nitrogens with zero attached hydrogens (tertiary/aromatic N) is 1. The standard InChI is InChI=1S/C16H20FN3O3.ClH/c17-12-3-1-2-4-13(12)20-9-10(5-15(20)22)16(23)19-7-11-6-18-8-14(11)21;/h1-4,10-11,14,18,21H,5-9H2,(H,19,23);1H. The van der Waals surface area contributed by atoms with Crippen LogP contribution < -0.4 is 15.5 Å². The molecule has 3 unspecified atom stereocenters. The summed E-state index contributed by atoms with van der Waals surface area (Å²) in [5.41, 5.74) is 0.211. The number of aliphatic hydroxyl groups is 1. The van der Waals surface area contributed by atoms with Crippen molar-refractivity contribution in [3.8, 4) is 0 Å². The van der Waals surface area contributed by atoms with E-state index < -0.39 is 17.8 Å². The first-order chi connectivity index (χ1) is 11.1. The van der Waals surface area contributed by atoms with E-state index in [1.165, 1.54) is 17.0 Å². The van der Waals surface area contributed by atoms with Crippen LogP contribution in [0.2, 0.25) is 0 Å². The number of para-hydroxylation sites is 1. The summed E-state index contributed by atoms with van der Waals surface area (Å²) in [6.07, 6.45) is -0.388. The van der Waals surface area contributed by atoms with Crippen molar-refractivity contribution in [2.75, 3.05) is 31.1 Å². The highest BCUT2D eigenvalue weighted by Gasteiger charge is 2.36. The largest absolute Gasteiger partial charge is 0.391 e. The molecule has 0 bridgehead atoms. The highest BCUT2D eigenvalue weighted by molar-refractivity contribution is 6.00. The molecule has 3 N–H and O–H groups in total. The summed E-state index contributed by atoms with van der Waals surface area (Å²) in [4.78, 5) is 25.6. The Kier molecular flexibility index (Phi) is 6.15. The number of halogens is 2. The Morgan fingerprint density at radius 2 is 2.12 bits per heavy atom. The summed E-state index contributed by atoms with van der Waals surface area (Å²) in [5.74, 6) is -1.46. The zero-order valence-corrected chi connectivity index (χ0v) is 13.9. The van der Waals surface area contributed by atoms with Gasteiger partial charge >= 0.3 is 0 Å². The summed E-state index contributed by atoms with van der Waals surface area (Å²) in [6, 6.07) is 6.05. The van der Waals surface area contributed by atoms with Gasteiger partial charge in [-0.05, 0) is 12.1 Å². The van der Waals surface area contributed by atoms with E-state index in [4.69, 9.17) is 0 Å². The summed E-state index contributed by atoms with van der Waals surface area (Å²) in [5, 5.41) is 15.6. The number of carbonyl (C=O) groups excluding carboxylic acids is 2. The van der Waals surface area contributed by atoms with Crippen molar-refractivity contribution in [3.63, 3.8) is 0 Å². The quantitative estimate of drug-likeness (QED) is 0.724. The predicted octanol–water partition coefficient (Wildman–Crippen LogP) is 0.297. The first kappa shape index (κ1) is 18.6. The maximum Gasteiger partial charge on any atom is 0.227 e. The number of rotatable bonds is 4. The van der Waals surface area contributed by atoms with Gasteiger partial charge in [-0.2, -0.15) is 0 Å². The molecule has 8 heteroatoms. The maximum absolute atomic E-state index is 13.8. The van der Waals surface area contributed by atoms with E-state index in [9.17, 15) is 19.1 Å². The fourth-order valence-electron chi connectivity index (χ4n) is 3.09. The molecule has 0 aromatic heterocycles. The van der Waals surface area contributed by atoms with Crippen LogP contribution in [0.25, 0.3) is 0 Å². The molecule has 1 aromatic carbocycles. The molecule has 2 fully saturated rings. The van der Waals surface area contributed by atoms with Crippen molar-refractivity contribution < 1.29 is 19.1 Å². The average Bonchev–Trinajstić information content (AvgIpc) is 3.11. The van der Waals surface area contributed by atoms with Crippen LogP contribution in [0.4, 0.5) is 10.1 Å². The molecule has 0 aliphatic carbocycles. The Balaban J connectivity index is 0.00000208. The van der Waals surface area contributed by atoms with Crippen molar-refractivity contribution in [1.82, 2.24) is 10.6 Å². The summed E-state index contributed by atoms with van der Waals surface area (Å²) < 4.78 is 13.8. The molecule has 0 spiro atoms. The van der Waals surface area contributed by atoms with E-state index in [2.05, 4.69) is 10.6 Å². The number of nitrogens with one attached hydrogen (secondary N) is 2. The first-order valence-corrected chi connectivity index (χ1v) is 7.77. The second kappa shape index (κ2) is 7.92. The van der Waals surface area contributed by atoms with E-state index >= 15 is 0 Å². The Morgan fingerprint density at radius 3 is 2.79 bits per heavy atom. The minimum Gasteiger partial charge on any atom is -0.391 e. The Labute approximate surface area is 145 Å². The van der Waals surface area contributed by atoms with E-state index in [-0.39, 0.29) is 48.8 Å². The van der Waals surface area contributed by atoms with Crippen LogP contribution in [0.15, 0.2) is 24.3 Å². The van der Waals surface area contributed by atoms with Crippen LogP contribution in [-0.2, 0) is 9.59 Å². The number of amides is 2. The Morgan fingerprint density at radius 1 is 1.38 bits per heavy atom. The van der Waals surface area contributed by atoms with Gasteiger partial charge in [0.2, 0.25) is 11.8 Å². The van der Waals surface area contributed by atoms with Crippen LogP contribution in [-0.4, -0.2) is 49.2 Å². The number of benzene rings is 1. The molecular formula is C16H21ClFN3O3. The van der Waals surface area contributed by atoms with E-state index in [1.807, 2.05) is 0 Å². The van der Waals surface area contributed by atoms with Crippen molar-refractivity contribution in [2.45, 2.75) is 12.5 Å². The van der Waals surface area contributed by atoms with Gasteiger partial charge in [-0.1, -0.05) is 12.1 Å². The van der Waals surface area contributed by atoms with E-state index in [0.717, 1.165) is 0 Å². The lowest BCUT2D eigenvalue weighted by Crippen LogP contribution is -2.38. The third-order valence-electron chi connectivity index (χ3n) is 4.48. The number of hydrogen-bond donors (Lipinski definition) is 3. The van der Waals surface area contributed by atoms with Crippen LogP contribution in [0, 0.1) is 17.7 Å². The highest BCUT2D eigenvalue weighted by atomic mass is 35.5. The second-order valence-electron chi connectivity index (χ2n) is 6.09. The number of carbonyl (C=O) groups is 2. The minimum atomic E-state index is -0.492. The van der Waals surface area contributed by atoms with Gasteiger partial charge in [0.25, 0.3) is 0 Å². The third kappa shape index (κ3) is 3.85. The molecule has 2 amide bonds. The van der Waals surface area contributed by atoms with Crippen LogP contribution in [0.3, 0.4) is 0 Å². The second-order valence-corrected chi connectivity index (χ2v) is 6.09. The zero-order valence-electron chi connectivity index (χ0n) is 13.1. The molecule has 1 aromatic rings. The lowest BCUT2D eigenvalue weighted by molar-refractivity contribution is -0.126. The average molecular weight is 358 g/mol. The number of β-amino-alcohol motifs (C(OH)–C–C–N with tert-alkyl or cyclic N) is 1. The normalized spacial score (nSPS) is 26.3. The molecule has 2 aliphatic heterocycles. The molecule has 132 valence electrons. The summed E-state index contributed by atoms with van der Waals surface area (Å²) >= 11 is 0. The molecule has 24 heavy (non-hydrogen) atoms. The molecule has 0 radical (unpaired) electrons. The van der Waals surface area contributed by atoms with Crippen LogP contribution in [0.5, 0.6) is 0 Å². The molecule has 3 rings (SSSR count). The van der Waals surface area contributed by atoms with E-state index in [1.54, 1.807) is 12.1 Å². The molecule has 2 heterocycles. The Hall–Kier alpha value is -1.70. The lowest BCUT2D eigenvalue weighted by atomic mass is 10.0. The fourth-order valence-corrected chi connectivity index (χ4v) is 3.09. The SMILES string of the molecule is Cl.O=C(NCC1CNCC1O)C1CC(=O)N(c2ccccc2F)C1. The van der Waals surface area contributed by atoms with Crippen LogP contribution in [0.1, 0.15) is 6.42 Å². The molecule has 2 saturated heterocycles. The molecule has 6 nitrogen and oxygen atoms in total. The fraction of sp³-hybridized carbons (Fsp3) is 0.500. The van der Waals surface area contributed by atoms with Gasteiger partial charge in [0.1, 0.15) is 5.82 Å². The van der Waals surface area contributed by atoms with Gasteiger partial charge in [0, 0.05) is 38.5 Å². The van der Waals surface area contributed by atoms with Gasteiger partial charge in [0.15, 0.2) is 0 Å². The summed E-state index contributed by atoms with van der Waals surface area (Å²) in [7, 11) is 0. The number of aliphatic hydroxyl groups excluding tert-OH is 1. The highest BCUT2D eigenvalue weighted by Crippen LogP contribution is 2.27. The van der Waals surface area contributed by atoms with Gasteiger partial charge in [-0.15, -0.1) is 12.4 Å². The first-order valence-electron chi connectivity index (χ1n) is 7.77. The smallest absolute Gasteiger partial charge is 0.227 e. The van der Waals surface area contributed by atoms with Crippen molar-refractivity contribution >= 4 is 29.9 Å². The van der Waals surface area contributed by atoms with Gasteiger partial charge < -0.3 is 20.6 Å². The van der Waals surface area contributed by atoms with E-state index in [0.29, 0.717) is 19.6 Å². The van der Waals surface area contributed by atoms with Crippen LogP contribution >= 0.6 is 12.4 Å².